The van der Waals surface area contributed by atoms with Crippen LogP contribution in [-0.2, 0) is 23.2 Å². The molecule has 0 aromatic heterocycles. The van der Waals surface area contributed by atoms with Gasteiger partial charge < -0.3 is 35.2 Å². The van der Waals surface area contributed by atoms with Crippen LogP contribution in [0.25, 0.3) is 0 Å². The zero-order valence-corrected chi connectivity index (χ0v) is 26.1. The van der Waals surface area contributed by atoms with Crippen LogP contribution in [0, 0.1) is 0 Å². The van der Waals surface area contributed by atoms with E-state index >= 15 is 0 Å². The number of aliphatic carboxylic acids is 3. The molecule has 0 aromatic rings. The molecule has 0 aliphatic heterocycles. The molecular weight excluding hydrogens is 421 g/mol. The maximum atomic E-state index is 9.00. The number of hydrogen-bond donors (Lipinski definition) is 5. The molecule has 0 aliphatic rings. The van der Waals surface area contributed by atoms with E-state index in [4.69, 9.17) is 44.3 Å². The summed E-state index contributed by atoms with van der Waals surface area (Å²) >= 11 is 0. The van der Waals surface area contributed by atoms with Crippen LogP contribution in [0.4, 0.5) is 0 Å². The van der Waals surface area contributed by atoms with Crippen LogP contribution in [0.15, 0.2) is 0 Å². The van der Waals surface area contributed by atoms with Crippen LogP contribution in [0.1, 0.15) is 34.1 Å². The van der Waals surface area contributed by atoms with Crippen molar-refractivity contribution < 1.29 is 38.6 Å². The summed E-state index contributed by atoms with van der Waals surface area (Å²) < 4.78 is 10.6. The van der Waals surface area contributed by atoms with Crippen molar-refractivity contribution in [3.8, 4) is 0 Å². The van der Waals surface area contributed by atoms with E-state index in [1.54, 1.807) is 14.2 Å². The first kappa shape index (κ1) is 47.3. The number of rotatable bonds is 8. The summed E-state index contributed by atoms with van der Waals surface area (Å²) in [5.41, 5.74) is 5.90. The normalized spacial score (nSPS) is 9.00. The molecule has 6 N–H and O–H groups in total. The number of carbonyl (C=O) groups is 3. The fourth-order valence-electron chi connectivity index (χ4n) is 1.25. The molecule has 0 heterocycles. The van der Waals surface area contributed by atoms with Crippen molar-refractivity contribution in [3.63, 3.8) is 0 Å². The minimum absolute atomic E-state index is 0. The molecule has 1 unspecified atom stereocenters. The Morgan fingerprint density at radius 1 is 0.893 bits per heavy atom. The second-order valence-corrected chi connectivity index (χ2v) is 7.52. The van der Waals surface area contributed by atoms with E-state index in [2.05, 4.69) is 12.2 Å². The summed E-state index contributed by atoms with van der Waals surface area (Å²) in [6.45, 7) is 8.01. The van der Waals surface area contributed by atoms with E-state index < -0.39 is 27.2 Å². The molecule has 0 aromatic carbocycles. The van der Waals surface area contributed by atoms with Gasteiger partial charge in [-0.3, -0.25) is 14.4 Å². The van der Waals surface area contributed by atoms with Crippen molar-refractivity contribution in [1.82, 2.24) is 5.32 Å². The molecule has 0 bridgehead atoms. The Labute approximate surface area is 236 Å². The van der Waals surface area contributed by atoms with Crippen molar-refractivity contribution in [2.24, 2.45) is 5.73 Å². The summed E-state index contributed by atoms with van der Waals surface area (Å²) in [6.07, 6.45) is 1.10. The largest absolute Gasteiger partial charge is 0.481 e. The average Bonchev–Trinajstić information content (AvgIpc) is 2.43. The summed E-state index contributed by atoms with van der Waals surface area (Å²) in [7, 11) is 2.04. The van der Waals surface area contributed by atoms with Gasteiger partial charge in [-0.1, -0.05) is 6.92 Å². The molecule has 0 saturated heterocycles. The monoisotopic (exact) mass is 455 g/mol. The van der Waals surface area contributed by atoms with E-state index in [9.17, 15) is 0 Å². The predicted octanol–water partition coefficient (Wildman–Crippen LogP) is -1.04. The van der Waals surface area contributed by atoms with Crippen LogP contribution < -0.4 is 11.1 Å². The van der Waals surface area contributed by atoms with Gasteiger partial charge in [-0.05, 0) is 18.5 Å². The quantitative estimate of drug-likeness (QED) is 0.225. The summed E-state index contributed by atoms with van der Waals surface area (Å²) in [4.78, 5) is 27.0. The molecule has 10 nitrogen and oxygen atoms in total. The van der Waals surface area contributed by atoms with Crippen molar-refractivity contribution in [2.45, 2.75) is 39.7 Å². The number of carboxylic acid groups (broad SMARTS) is 3. The molecule has 155 valence electrons. The predicted molar refractivity (Wildman–Crippen MR) is 114 cm³/mol. The van der Waals surface area contributed by atoms with Crippen LogP contribution in [-0.4, -0.2) is 165 Å². The second-order valence-electron chi connectivity index (χ2n) is 4.70. The Kier molecular flexibility index (Phi) is 65.9. The summed E-state index contributed by atoms with van der Waals surface area (Å²) in [6, 6.07) is 0. The molecule has 0 rings (SSSR count). The number of nitrogens with one attached hydrogen (secondary N) is 1. The third kappa shape index (κ3) is 80.4. The van der Waals surface area contributed by atoms with E-state index in [-0.39, 0.29) is 88.7 Å². The van der Waals surface area contributed by atoms with Gasteiger partial charge in [-0.25, -0.2) is 0 Å². The van der Waals surface area contributed by atoms with Crippen molar-refractivity contribution in [2.75, 3.05) is 33.9 Å². The van der Waals surface area contributed by atoms with Gasteiger partial charge in [0.15, 0.2) is 0 Å². The van der Waals surface area contributed by atoms with Crippen molar-refractivity contribution in [1.29, 1.82) is 0 Å². The van der Waals surface area contributed by atoms with Crippen molar-refractivity contribution in [3.05, 3.63) is 0 Å². The van der Waals surface area contributed by atoms with Gasteiger partial charge in [-0.15, -0.1) is 0 Å². The summed E-state index contributed by atoms with van der Waals surface area (Å²) in [5.74, 6) is -2.50. The van der Waals surface area contributed by atoms with Gasteiger partial charge in [0.2, 0.25) is 0 Å². The second kappa shape index (κ2) is 39.0. The number of hydrogen-bond acceptors (Lipinski definition) is 7. The Balaban J connectivity index is -0.0000000493. The molecule has 0 fully saturated rings. The smallest absolute Gasteiger partial charge is 0.323 e. The topological polar surface area (TPSA) is 168 Å². The van der Waals surface area contributed by atoms with Gasteiger partial charge in [0.05, 0.1) is 0 Å². The van der Waals surface area contributed by atoms with Gasteiger partial charge in [0.1, 0.15) is 0 Å². The van der Waals surface area contributed by atoms with Crippen LogP contribution in [0.2, 0.25) is 5.54 Å². The van der Waals surface area contributed by atoms with E-state index in [0.29, 0.717) is 12.1 Å². The summed E-state index contributed by atoms with van der Waals surface area (Å²) in [5, 5.41) is 25.5. The fourth-order valence-corrected chi connectivity index (χ4v) is 2.81. The van der Waals surface area contributed by atoms with E-state index in [0.717, 1.165) is 40.3 Å². The first-order valence-electron chi connectivity index (χ1n) is 7.51. The maximum absolute atomic E-state index is 9.00. The average molecular weight is 455 g/mol. The SMILES string of the molecule is CC(=O)O.CC(=O)O.CC(=O)O.CO[SiH](OC)C(C)CCNCCN.[Na].[Na].[Na]. The van der Waals surface area contributed by atoms with Crippen LogP contribution in [0.5, 0.6) is 0 Å². The maximum Gasteiger partial charge on any atom is 0.323 e. The molecule has 0 amide bonds. The van der Waals surface area contributed by atoms with Gasteiger partial charge in [-0.2, -0.15) is 0 Å². The molecule has 28 heavy (non-hydrogen) atoms. The van der Waals surface area contributed by atoms with E-state index in [1.807, 2.05) is 0 Å². The number of carboxylic acids is 3. The fraction of sp³-hybridized carbons (Fsp3) is 0.786. The zero-order chi connectivity index (χ0) is 20.8. The molecule has 0 saturated carbocycles. The Morgan fingerprint density at radius 2 is 1.18 bits per heavy atom. The Morgan fingerprint density at radius 3 is 1.39 bits per heavy atom. The van der Waals surface area contributed by atoms with E-state index in [1.165, 1.54) is 0 Å². The third-order valence-corrected chi connectivity index (χ3v) is 4.22. The standard InChI is InChI=1S/C8H22N2O2Si.3C2H4O2.3Na/c1-8(13(11-2)12-3)4-6-10-7-5-9;3*1-2(3)4;;;/h8,10,13H,4-7,9H2,1-3H3;3*1H3,(H,3,4);;;. The van der Waals surface area contributed by atoms with Gasteiger partial charge in [0.25, 0.3) is 17.9 Å². The van der Waals surface area contributed by atoms with Crippen LogP contribution in [0.3, 0.4) is 0 Å². The first-order valence-corrected chi connectivity index (χ1v) is 9.11. The Hall–Kier alpha value is 1.47. The third-order valence-electron chi connectivity index (χ3n) is 2.03. The molecular formula is C14H34N2Na3O8Si. The minimum atomic E-state index is -1.41. The molecule has 14 heteroatoms. The molecule has 1 atom stereocenters. The molecule has 0 aliphatic carbocycles. The number of nitrogens with two attached hydrogens (primary N) is 1. The van der Waals surface area contributed by atoms with Crippen molar-refractivity contribution >= 4 is 116 Å². The zero-order valence-electron chi connectivity index (χ0n) is 18.9. The van der Waals surface area contributed by atoms with Crippen LogP contribution >= 0.6 is 0 Å². The Bertz CT molecular complexity index is 301. The molecule has 0 spiro atoms. The minimum Gasteiger partial charge on any atom is -0.481 e. The van der Waals surface area contributed by atoms with Gasteiger partial charge in [0, 0.05) is 137 Å². The van der Waals surface area contributed by atoms with Gasteiger partial charge >= 0.3 is 9.28 Å². The molecule has 3 radical (unpaired) electrons. The first-order chi connectivity index (χ1) is 11.5.